The average molecular weight is 468 g/mol. The maximum absolute atomic E-state index is 12.4. The van der Waals surface area contributed by atoms with Crippen molar-refractivity contribution in [3.05, 3.63) is 35.6 Å². The van der Waals surface area contributed by atoms with Crippen LogP contribution in [0.3, 0.4) is 0 Å². The molecule has 14 nitrogen and oxygen atoms in total. The van der Waals surface area contributed by atoms with Crippen LogP contribution < -0.4 is 20.5 Å². The first kappa shape index (κ1) is 21.9. The van der Waals surface area contributed by atoms with Gasteiger partial charge in [-0.15, -0.1) is 11.3 Å². The molecule has 1 aliphatic rings. The minimum absolute atomic E-state index is 0.150. The summed E-state index contributed by atoms with van der Waals surface area (Å²) >= 11 is 1.08. The summed E-state index contributed by atoms with van der Waals surface area (Å²) in [6, 6.07) is 0.514. The zero-order valence-corrected chi connectivity index (χ0v) is 17.4. The lowest BCUT2D eigenvalue weighted by Gasteiger charge is -2.36. The lowest BCUT2D eigenvalue weighted by molar-refractivity contribution is -0.141. The molecule has 2 aromatic rings. The van der Waals surface area contributed by atoms with Crippen LogP contribution in [0.4, 0.5) is 15.6 Å². The fourth-order valence-corrected chi connectivity index (χ4v) is 3.79. The fraction of sp³-hybridized carbons (Fsp3) is 0.200. The molecule has 2 aromatic heterocycles. The minimum atomic E-state index is -4.29. The Kier molecular flexibility index (Phi) is 6.30. The van der Waals surface area contributed by atoms with Gasteiger partial charge in [0.2, 0.25) is 0 Å². The zero-order chi connectivity index (χ0) is 22.6. The van der Waals surface area contributed by atoms with Crippen LogP contribution in [-0.2, 0) is 24.6 Å². The quantitative estimate of drug-likeness (QED) is 0.220. The Hall–Kier alpha value is -3.79. The van der Waals surface area contributed by atoms with Gasteiger partial charge in [-0.2, -0.15) is 8.42 Å². The molecule has 31 heavy (non-hydrogen) atoms. The molecule has 0 aliphatic carbocycles. The van der Waals surface area contributed by atoms with Gasteiger partial charge < -0.3 is 15.9 Å². The van der Waals surface area contributed by atoms with E-state index in [1.165, 1.54) is 37.0 Å². The number of imide groups is 1. The van der Waals surface area contributed by atoms with E-state index in [1.54, 1.807) is 4.72 Å². The molecule has 164 valence electrons. The number of urea groups is 1. The Bertz CT molecular complexity index is 1130. The molecule has 1 atom stereocenters. The third-order valence-electron chi connectivity index (χ3n) is 3.80. The molecule has 0 aromatic carbocycles. The van der Waals surface area contributed by atoms with Crippen LogP contribution in [0.25, 0.3) is 0 Å². The standard InChI is InChI=1S/C15H16N8O6S2/c1-29-20-11(10-7-30-14(16)19-10)12(24)18-9-6-23(13(9)25)15(26)22-31(27,28)21-8-2-4-17-5-3-8/h2-5,7,9H,6H2,1H3,(H2,16,19)(H,17,21)(H,18,24)(H,22,26)/t9-/m0/s1. The van der Waals surface area contributed by atoms with Crippen LogP contribution in [0.2, 0.25) is 0 Å². The smallest absolute Gasteiger partial charge is 0.339 e. The second-order valence-electron chi connectivity index (χ2n) is 5.92. The summed E-state index contributed by atoms with van der Waals surface area (Å²) < 4.78 is 27.9. The number of amides is 4. The van der Waals surface area contributed by atoms with Crippen LogP contribution >= 0.6 is 11.3 Å². The van der Waals surface area contributed by atoms with Gasteiger partial charge >= 0.3 is 16.2 Å². The van der Waals surface area contributed by atoms with Gasteiger partial charge in [0.05, 0.1) is 12.2 Å². The molecule has 0 unspecified atom stereocenters. The summed E-state index contributed by atoms with van der Waals surface area (Å²) in [6.45, 7) is -0.249. The maximum Gasteiger partial charge on any atom is 0.339 e. The van der Waals surface area contributed by atoms with E-state index in [0.29, 0.717) is 4.90 Å². The number of nitrogens with zero attached hydrogens (tertiary/aromatic N) is 4. The highest BCUT2D eigenvalue weighted by Gasteiger charge is 2.43. The molecule has 0 radical (unpaired) electrons. The molecule has 0 saturated carbocycles. The maximum atomic E-state index is 12.4. The number of nitrogen functional groups attached to an aromatic ring is 1. The van der Waals surface area contributed by atoms with Crippen molar-refractivity contribution < 1.29 is 27.6 Å². The lowest BCUT2D eigenvalue weighted by atomic mass is 10.1. The number of anilines is 2. The van der Waals surface area contributed by atoms with Crippen molar-refractivity contribution in [3.63, 3.8) is 0 Å². The van der Waals surface area contributed by atoms with Gasteiger partial charge in [0.1, 0.15) is 18.8 Å². The fourth-order valence-electron chi connectivity index (χ4n) is 2.41. The van der Waals surface area contributed by atoms with E-state index in [9.17, 15) is 22.8 Å². The summed E-state index contributed by atoms with van der Waals surface area (Å²) in [5, 5.41) is 7.65. The van der Waals surface area contributed by atoms with Gasteiger partial charge in [0.15, 0.2) is 10.8 Å². The number of nitrogens with two attached hydrogens (primary N) is 1. The number of oxime groups is 1. The molecule has 1 saturated heterocycles. The second-order valence-corrected chi connectivity index (χ2v) is 8.22. The third kappa shape index (κ3) is 5.23. The van der Waals surface area contributed by atoms with E-state index in [-0.39, 0.29) is 28.8 Å². The van der Waals surface area contributed by atoms with Gasteiger partial charge in [-0.3, -0.25) is 24.2 Å². The molecule has 5 N–H and O–H groups in total. The Morgan fingerprint density at radius 1 is 1.35 bits per heavy atom. The van der Waals surface area contributed by atoms with Crippen molar-refractivity contribution in [2.75, 3.05) is 24.1 Å². The van der Waals surface area contributed by atoms with Gasteiger partial charge in [-0.05, 0) is 12.1 Å². The van der Waals surface area contributed by atoms with Crippen molar-refractivity contribution in [3.8, 4) is 0 Å². The Labute approximate surface area is 179 Å². The Balaban J connectivity index is 1.57. The number of nitrogens with one attached hydrogen (secondary N) is 3. The lowest BCUT2D eigenvalue weighted by Crippen LogP contribution is -2.68. The van der Waals surface area contributed by atoms with E-state index in [0.717, 1.165) is 11.3 Å². The van der Waals surface area contributed by atoms with E-state index in [2.05, 4.69) is 30.0 Å². The number of likely N-dealkylation sites (tertiary alicyclic amines) is 1. The number of hydrogen-bond acceptors (Lipinski definition) is 11. The molecule has 1 fully saturated rings. The summed E-state index contributed by atoms with van der Waals surface area (Å²) in [6.07, 6.45) is 2.71. The van der Waals surface area contributed by atoms with E-state index in [4.69, 9.17) is 5.73 Å². The highest BCUT2D eigenvalue weighted by molar-refractivity contribution is 7.91. The SMILES string of the molecule is CON=C(C(=O)N[C@H]1CN(C(=O)NS(=O)(=O)Nc2ccncc2)C1=O)c1csc(N)n1. The molecule has 0 bridgehead atoms. The number of carbonyl (C=O) groups is 3. The van der Waals surface area contributed by atoms with Gasteiger partial charge in [-0.1, -0.05) is 5.16 Å². The van der Waals surface area contributed by atoms with Gasteiger partial charge in [-0.25, -0.2) is 14.5 Å². The van der Waals surface area contributed by atoms with Crippen molar-refractivity contribution in [1.29, 1.82) is 0 Å². The monoisotopic (exact) mass is 468 g/mol. The van der Waals surface area contributed by atoms with Crippen LogP contribution in [0.15, 0.2) is 35.1 Å². The summed E-state index contributed by atoms with van der Waals surface area (Å²) in [5.74, 6) is -1.59. The topological polar surface area (TPSA) is 198 Å². The van der Waals surface area contributed by atoms with Crippen molar-refractivity contribution >= 4 is 55.9 Å². The molecule has 4 amide bonds. The van der Waals surface area contributed by atoms with Crippen molar-refractivity contribution in [1.82, 2.24) is 24.9 Å². The van der Waals surface area contributed by atoms with E-state index in [1.807, 2.05) is 0 Å². The first-order valence-corrected chi connectivity index (χ1v) is 10.8. The predicted molar refractivity (Wildman–Crippen MR) is 109 cm³/mol. The Morgan fingerprint density at radius 2 is 2.06 bits per heavy atom. The summed E-state index contributed by atoms with van der Waals surface area (Å²) in [5.41, 5.74) is 5.65. The number of aromatic nitrogens is 2. The number of rotatable bonds is 7. The van der Waals surface area contributed by atoms with Gasteiger partial charge in [0.25, 0.3) is 11.8 Å². The molecular formula is C15H16N8O6S2. The van der Waals surface area contributed by atoms with E-state index < -0.39 is 34.1 Å². The van der Waals surface area contributed by atoms with Crippen molar-refractivity contribution in [2.24, 2.45) is 5.16 Å². The summed E-state index contributed by atoms with van der Waals surface area (Å²) in [4.78, 5) is 49.7. The van der Waals surface area contributed by atoms with Crippen LogP contribution in [0.5, 0.6) is 0 Å². The summed E-state index contributed by atoms with van der Waals surface area (Å²) in [7, 11) is -3.06. The molecule has 0 spiro atoms. The molecule has 16 heteroatoms. The van der Waals surface area contributed by atoms with Crippen LogP contribution in [0.1, 0.15) is 5.69 Å². The molecular weight excluding hydrogens is 452 g/mol. The molecule has 1 aliphatic heterocycles. The highest BCUT2D eigenvalue weighted by atomic mass is 32.2. The Morgan fingerprint density at radius 3 is 2.65 bits per heavy atom. The van der Waals surface area contributed by atoms with Crippen LogP contribution in [-0.4, -0.2) is 66.5 Å². The number of β-lactam (4-membered cyclic amide) rings is 1. The van der Waals surface area contributed by atoms with Crippen LogP contribution in [0, 0.1) is 0 Å². The first-order valence-electron chi connectivity index (χ1n) is 8.39. The predicted octanol–water partition coefficient (Wildman–Crippen LogP) is -1.14. The number of pyridine rings is 1. The normalized spacial score (nSPS) is 16.3. The minimum Gasteiger partial charge on any atom is -0.398 e. The van der Waals surface area contributed by atoms with E-state index >= 15 is 0 Å². The van der Waals surface area contributed by atoms with Gasteiger partial charge in [0, 0.05) is 17.8 Å². The number of carbonyl (C=O) groups excluding carboxylic acids is 3. The highest BCUT2D eigenvalue weighted by Crippen LogP contribution is 2.15. The van der Waals surface area contributed by atoms with Crippen molar-refractivity contribution in [2.45, 2.75) is 6.04 Å². The third-order valence-corrected chi connectivity index (χ3v) is 5.42. The zero-order valence-electron chi connectivity index (χ0n) is 15.8. The molecule has 3 rings (SSSR count). The molecule has 3 heterocycles. The largest absolute Gasteiger partial charge is 0.398 e. The number of hydrogen-bond donors (Lipinski definition) is 4. The second kappa shape index (κ2) is 8.92. The first-order chi connectivity index (χ1) is 14.7. The average Bonchev–Trinajstić information content (AvgIpc) is 3.14. The number of thiazole rings is 1.